The molecule has 0 saturated carbocycles. The molecule has 0 aliphatic rings. The molecule has 0 saturated heterocycles. The summed E-state index contributed by atoms with van der Waals surface area (Å²) in [4.78, 5) is 0. The van der Waals surface area contributed by atoms with Crippen LogP contribution in [-0.2, 0) is 11.3 Å². The SMILES string of the molecule is COCCCCOc1cc(OC)ccc1CN. The highest BCUT2D eigenvalue weighted by atomic mass is 16.5. The maximum atomic E-state index is 5.70. The molecule has 0 aliphatic heterocycles. The number of hydrogen-bond donors (Lipinski definition) is 1. The molecule has 0 spiro atoms. The average Bonchev–Trinajstić information content (AvgIpc) is 2.38. The van der Waals surface area contributed by atoms with E-state index in [1.54, 1.807) is 14.2 Å². The summed E-state index contributed by atoms with van der Waals surface area (Å²) < 4.78 is 15.8. The molecule has 0 radical (unpaired) electrons. The molecule has 0 atom stereocenters. The van der Waals surface area contributed by atoms with Crippen LogP contribution >= 0.6 is 0 Å². The van der Waals surface area contributed by atoms with E-state index in [-0.39, 0.29) is 0 Å². The van der Waals surface area contributed by atoms with E-state index in [2.05, 4.69) is 0 Å². The Morgan fingerprint density at radius 3 is 2.53 bits per heavy atom. The van der Waals surface area contributed by atoms with E-state index >= 15 is 0 Å². The molecule has 0 fully saturated rings. The van der Waals surface area contributed by atoms with Crippen LogP contribution in [0.1, 0.15) is 18.4 Å². The second kappa shape index (κ2) is 7.92. The van der Waals surface area contributed by atoms with Crippen molar-refractivity contribution in [2.75, 3.05) is 27.4 Å². The van der Waals surface area contributed by atoms with E-state index in [9.17, 15) is 0 Å². The van der Waals surface area contributed by atoms with E-state index in [1.807, 2.05) is 18.2 Å². The third-order valence-corrected chi connectivity index (χ3v) is 2.49. The van der Waals surface area contributed by atoms with Gasteiger partial charge in [0.1, 0.15) is 11.5 Å². The molecule has 0 unspecified atom stereocenters. The van der Waals surface area contributed by atoms with Gasteiger partial charge in [-0.15, -0.1) is 0 Å². The lowest BCUT2D eigenvalue weighted by Gasteiger charge is -2.11. The van der Waals surface area contributed by atoms with Crippen LogP contribution in [-0.4, -0.2) is 27.4 Å². The molecule has 96 valence electrons. The number of hydrogen-bond acceptors (Lipinski definition) is 4. The molecule has 1 aromatic carbocycles. The lowest BCUT2D eigenvalue weighted by molar-refractivity contribution is 0.184. The third kappa shape index (κ3) is 4.63. The maximum absolute atomic E-state index is 5.70. The first kappa shape index (κ1) is 13.8. The summed E-state index contributed by atoms with van der Waals surface area (Å²) in [5.41, 5.74) is 6.65. The van der Waals surface area contributed by atoms with Crippen LogP contribution in [0, 0.1) is 0 Å². The highest BCUT2D eigenvalue weighted by Gasteiger charge is 2.04. The van der Waals surface area contributed by atoms with Gasteiger partial charge >= 0.3 is 0 Å². The van der Waals surface area contributed by atoms with Crippen LogP contribution in [0.2, 0.25) is 0 Å². The van der Waals surface area contributed by atoms with Crippen LogP contribution in [0.25, 0.3) is 0 Å². The van der Waals surface area contributed by atoms with Gasteiger partial charge in [0.2, 0.25) is 0 Å². The Balaban J connectivity index is 2.49. The summed E-state index contributed by atoms with van der Waals surface area (Å²) in [7, 11) is 3.34. The minimum atomic E-state index is 0.470. The Morgan fingerprint density at radius 1 is 1.12 bits per heavy atom. The molecule has 0 heterocycles. The van der Waals surface area contributed by atoms with Crippen molar-refractivity contribution in [1.29, 1.82) is 0 Å². The number of methoxy groups -OCH3 is 2. The molecular formula is C13H21NO3. The highest BCUT2D eigenvalue weighted by molar-refractivity contribution is 5.40. The Morgan fingerprint density at radius 2 is 1.88 bits per heavy atom. The number of nitrogens with two attached hydrogens (primary N) is 1. The first-order valence-corrected chi connectivity index (χ1v) is 5.80. The van der Waals surface area contributed by atoms with Crippen molar-refractivity contribution in [3.8, 4) is 11.5 Å². The molecular weight excluding hydrogens is 218 g/mol. The van der Waals surface area contributed by atoms with Gasteiger partial charge in [0.25, 0.3) is 0 Å². The third-order valence-electron chi connectivity index (χ3n) is 2.49. The molecule has 4 heteroatoms. The topological polar surface area (TPSA) is 53.7 Å². The van der Waals surface area contributed by atoms with Crippen LogP contribution in [0.15, 0.2) is 18.2 Å². The van der Waals surface area contributed by atoms with Crippen molar-refractivity contribution in [2.45, 2.75) is 19.4 Å². The summed E-state index contributed by atoms with van der Waals surface area (Å²) in [6.45, 7) is 1.91. The smallest absolute Gasteiger partial charge is 0.127 e. The zero-order chi connectivity index (χ0) is 12.5. The lowest BCUT2D eigenvalue weighted by atomic mass is 10.2. The summed E-state index contributed by atoms with van der Waals surface area (Å²) in [5, 5.41) is 0. The van der Waals surface area contributed by atoms with Crippen molar-refractivity contribution in [2.24, 2.45) is 5.73 Å². The zero-order valence-electron chi connectivity index (χ0n) is 10.6. The van der Waals surface area contributed by atoms with Crippen LogP contribution in [0.4, 0.5) is 0 Å². The van der Waals surface area contributed by atoms with E-state index in [0.29, 0.717) is 13.2 Å². The van der Waals surface area contributed by atoms with Gasteiger partial charge in [-0.05, 0) is 18.9 Å². The number of benzene rings is 1. The number of unbranched alkanes of at least 4 members (excludes halogenated alkanes) is 1. The monoisotopic (exact) mass is 239 g/mol. The highest BCUT2D eigenvalue weighted by Crippen LogP contribution is 2.24. The Kier molecular flexibility index (Phi) is 6.43. The molecule has 0 bridgehead atoms. The zero-order valence-corrected chi connectivity index (χ0v) is 10.6. The first-order valence-electron chi connectivity index (χ1n) is 5.80. The lowest BCUT2D eigenvalue weighted by Crippen LogP contribution is -2.05. The summed E-state index contributed by atoms with van der Waals surface area (Å²) in [6, 6.07) is 5.70. The predicted octanol–water partition coefficient (Wildman–Crippen LogP) is 1.96. The normalized spacial score (nSPS) is 10.3. The Labute approximate surface area is 103 Å². The van der Waals surface area contributed by atoms with E-state index in [0.717, 1.165) is 36.5 Å². The second-order valence-electron chi connectivity index (χ2n) is 3.73. The predicted molar refractivity (Wildman–Crippen MR) is 67.5 cm³/mol. The fraction of sp³-hybridized carbons (Fsp3) is 0.538. The summed E-state index contributed by atoms with van der Waals surface area (Å²) in [5.74, 6) is 1.60. The Bertz CT molecular complexity index is 328. The molecule has 4 nitrogen and oxygen atoms in total. The van der Waals surface area contributed by atoms with Gasteiger partial charge < -0.3 is 19.9 Å². The Hall–Kier alpha value is -1.26. The van der Waals surface area contributed by atoms with Gasteiger partial charge in [-0.3, -0.25) is 0 Å². The second-order valence-corrected chi connectivity index (χ2v) is 3.73. The van der Waals surface area contributed by atoms with E-state index in [1.165, 1.54) is 0 Å². The summed E-state index contributed by atoms with van der Waals surface area (Å²) in [6.07, 6.45) is 1.97. The fourth-order valence-electron chi connectivity index (χ4n) is 1.50. The van der Waals surface area contributed by atoms with Crippen molar-refractivity contribution >= 4 is 0 Å². The van der Waals surface area contributed by atoms with Crippen LogP contribution < -0.4 is 15.2 Å². The van der Waals surface area contributed by atoms with Crippen LogP contribution in [0.3, 0.4) is 0 Å². The van der Waals surface area contributed by atoms with Crippen molar-refractivity contribution < 1.29 is 14.2 Å². The molecule has 0 aliphatic carbocycles. The summed E-state index contributed by atoms with van der Waals surface area (Å²) >= 11 is 0. The van der Waals surface area contributed by atoms with Gasteiger partial charge in [0.15, 0.2) is 0 Å². The fourth-order valence-corrected chi connectivity index (χ4v) is 1.50. The van der Waals surface area contributed by atoms with Gasteiger partial charge in [0, 0.05) is 31.9 Å². The molecule has 2 N–H and O–H groups in total. The molecule has 1 aromatic rings. The van der Waals surface area contributed by atoms with Crippen molar-refractivity contribution in [3.63, 3.8) is 0 Å². The van der Waals surface area contributed by atoms with Gasteiger partial charge in [0.05, 0.1) is 13.7 Å². The first-order chi connectivity index (χ1) is 8.31. The molecule has 0 aromatic heterocycles. The average molecular weight is 239 g/mol. The van der Waals surface area contributed by atoms with Gasteiger partial charge in [-0.2, -0.15) is 0 Å². The number of ether oxygens (including phenoxy) is 3. The van der Waals surface area contributed by atoms with E-state index < -0.39 is 0 Å². The van der Waals surface area contributed by atoms with Crippen molar-refractivity contribution in [1.82, 2.24) is 0 Å². The molecule has 0 amide bonds. The largest absolute Gasteiger partial charge is 0.497 e. The maximum Gasteiger partial charge on any atom is 0.127 e. The van der Waals surface area contributed by atoms with Gasteiger partial charge in [-0.1, -0.05) is 6.07 Å². The minimum absolute atomic E-state index is 0.470. The minimum Gasteiger partial charge on any atom is -0.497 e. The van der Waals surface area contributed by atoms with E-state index in [4.69, 9.17) is 19.9 Å². The molecule has 1 rings (SSSR count). The van der Waals surface area contributed by atoms with Crippen LogP contribution in [0.5, 0.6) is 11.5 Å². The van der Waals surface area contributed by atoms with Crippen molar-refractivity contribution in [3.05, 3.63) is 23.8 Å². The quantitative estimate of drug-likeness (QED) is 0.705. The van der Waals surface area contributed by atoms with Gasteiger partial charge in [-0.25, -0.2) is 0 Å². The number of rotatable bonds is 8. The molecule has 17 heavy (non-hydrogen) atoms. The standard InChI is InChI=1S/C13H21NO3/c1-15-7-3-4-8-17-13-9-12(16-2)6-5-11(13)10-14/h5-6,9H,3-4,7-8,10,14H2,1-2H3.